The van der Waals surface area contributed by atoms with E-state index in [0.717, 1.165) is 43.8 Å². The Morgan fingerprint density at radius 3 is 2.72 bits per heavy atom. The predicted molar refractivity (Wildman–Crippen MR) is 64.1 cm³/mol. The fourth-order valence-electron chi connectivity index (χ4n) is 3.71. The van der Waals surface area contributed by atoms with Gasteiger partial charge in [-0.15, -0.1) is 0 Å². The molecule has 0 radical (unpaired) electrons. The van der Waals surface area contributed by atoms with Crippen LogP contribution in [0.2, 0.25) is 0 Å². The number of rotatable bonds is 2. The maximum Gasteiger partial charge on any atom is 0.229 e. The monoisotopic (exact) mass is 249 g/mol. The van der Waals surface area contributed by atoms with Crippen LogP contribution >= 0.6 is 0 Å². The molecule has 3 heterocycles. The predicted octanol–water partition coefficient (Wildman–Crippen LogP) is 1.70. The van der Waals surface area contributed by atoms with Crippen molar-refractivity contribution in [3.63, 3.8) is 0 Å². The molecule has 18 heavy (non-hydrogen) atoms. The lowest BCUT2D eigenvalue weighted by molar-refractivity contribution is 0.0996. The molecule has 4 rings (SSSR count). The second kappa shape index (κ2) is 4.03. The molecule has 0 spiro atoms. The molecule has 5 unspecified atom stereocenters. The van der Waals surface area contributed by atoms with Gasteiger partial charge in [-0.25, -0.2) is 0 Å². The minimum atomic E-state index is 0.302. The topological polar surface area (TPSA) is 74.2 Å². The van der Waals surface area contributed by atoms with E-state index in [1.807, 2.05) is 0 Å². The highest BCUT2D eigenvalue weighted by atomic mass is 16.5. The molecule has 0 aromatic carbocycles. The molecule has 3 fully saturated rings. The van der Waals surface area contributed by atoms with Crippen LogP contribution in [0.25, 0.3) is 0 Å². The van der Waals surface area contributed by atoms with Gasteiger partial charge in [0.15, 0.2) is 5.82 Å². The van der Waals surface area contributed by atoms with E-state index >= 15 is 0 Å². The fraction of sp³-hybridized carbons (Fsp3) is 0.846. The first-order valence-corrected chi connectivity index (χ1v) is 7.04. The van der Waals surface area contributed by atoms with E-state index < -0.39 is 0 Å². The summed E-state index contributed by atoms with van der Waals surface area (Å²) in [5, 5.41) is 4.18. The van der Waals surface area contributed by atoms with Crippen LogP contribution in [0.15, 0.2) is 4.52 Å². The van der Waals surface area contributed by atoms with Crippen molar-refractivity contribution < 1.29 is 9.26 Å². The average Bonchev–Trinajstić information content (AvgIpc) is 3.12. The average molecular weight is 249 g/mol. The second-order valence-corrected chi connectivity index (χ2v) is 5.98. The lowest BCUT2D eigenvalue weighted by atomic mass is 9.89. The number of ether oxygens (including phenoxy) is 1. The summed E-state index contributed by atoms with van der Waals surface area (Å²) in [5.74, 6) is 2.38. The molecule has 5 heteroatoms. The van der Waals surface area contributed by atoms with Crippen LogP contribution < -0.4 is 5.73 Å². The van der Waals surface area contributed by atoms with Gasteiger partial charge < -0.3 is 15.0 Å². The van der Waals surface area contributed by atoms with Gasteiger partial charge in [0.2, 0.25) is 5.89 Å². The molecule has 98 valence electrons. The normalized spacial score (nSPS) is 42.8. The van der Waals surface area contributed by atoms with Crippen LogP contribution in [-0.4, -0.2) is 28.4 Å². The third kappa shape index (κ3) is 1.68. The molecule has 3 aliphatic rings. The first kappa shape index (κ1) is 10.9. The van der Waals surface area contributed by atoms with Crippen molar-refractivity contribution in [3.8, 4) is 0 Å². The van der Waals surface area contributed by atoms with Crippen LogP contribution in [0.5, 0.6) is 0 Å². The number of hydrogen-bond acceptors (Lipinski definition) is 5. The third-order valence-electron chi connectivity index (χ3n) is 4.72. The Labute approximate surface area is 106 Å². The zero-order valence-electron chi connectivity index (χ0n) is 10.4. The number of hydrogen-bond donors (Lipinski definition) is 1. The zero-order chi connectivity index (χ0) is 12.1. The standard InChI is InChI=1S/C13H19N3O2/c14-8-2-1-7(5-8)13-15-12(16-18-13)10-6-9-3-4-11(10)17-9/h7-11H,1-6,14H2. The van der Waals surface area contributed by atoms with E-state index in [2.05, 4.69) is 10.1 Å². The van der Waals surface area contributed by atoms with Crippen LogP contribution in [0.1, 0.15) is 62.1 Å². The number of aromatic nitrogens is 2. The summed E-state index contributed by atoms with van der Waals surface area (Å²) in [5.41, 5.74) is 5.93. The minimum absolute atomic E-state index is 0.302. The zero-order valence-corrected chi connectivity index (χ0v) is 10.4. The van der Waals surface area contributed by atoms with Gasteiger partial charge in [-0.1, -0.05) is 5.16 Å². The Kier molecular flexibility index (Phi) is 2.45. The number of nitrogens with zero attached hydrogens (tertiary/aromatic N) is 2. The van der Waals surface area contributed by atoms with Crippen LogP contribution in [0.4, 0.5) is 0 Å². The Hall–Kier alpha value is -0.940. The van der Waals surface area contributed by atoms with Gasteiger partial charge in [-0.3, -0.25) is 0 Å². The van der Waals surface area contributed by atoms with Crippen molar-refractivity contribution in [1.29, 1.82) is 0 Å². The first-order valence-electron chi connectivity index (χ1n) is 7.04. The molecule has 2 saturated heterocycles. The molecule has 1 aliphatic carbocycles. The smallest absolute Gasteiger partial charge is 0.229 e. The van der Waals surface area contributed by atoms with Crippen molar-refractivity contribution in [3.05, 3.63) is 11.7 Å². The molecule has 1 aromatic rings. The molecule has 2 N–H and O–H groups in total. The maximum atomic E-state index is 5.93. The molecular formula is C13H19N3O2. The van der Waals surface area contributed by atoms with Crippen molar-refractivity contribution in [2.24, 2.45) is 5.73 Å². The molecular weight excluding hydrogens is 230 g/mol. The second-order valence-electron chi connectivity index (χ2n) is 5.98. The molecule has 0 amide bonds. The van der Waals surface area contributed by atoms with E-state index in [4.69, 9.17) is 15.0 Å². The molecule has 1 saturated carbocycles. The van der Waals surface area contributed by atoms with Crippen molar-refractivity contribution in [2.75, 3.05) is 0 Å². The van der Waals surface area contributed by atoms with E-state index in [-0.39, 0.29) is 0 Å². The highest BCUT2D eigenvalue weighted by molar-refractivity contribution is 5.08. The lowest BCUT2D eigenvalue weighted by Crippen LogP contribution is -2.16. The van der Waals surface area contributed by atoms with Crippen molar-refractivity contribution in [2.45, 2.75) is 68.6 Å². The van der Waals surface area contributed by atoms with Crippen molar-refractivity contribution in [1.82, 2.24) is 10.1 Å². The van der Waals surface area contributed by atoms with Gasteiger partial charge in [0, 0.05) is 12.0 Å². The third-order valence-corrected chi connectivity index (χ3v) is 4.72. The van der Waals surface area contributed by atoms with E-state index in [0.29, 0.717) is 30.1 Å². The number of nitrogens with two attached hydrogens (primary N) is 1. The molecule has 5 nitrogen and oxygen atoms in total. The number of fused-ring (bicyclic) bond motifs is 2. The highest BCUT2D eigenvalue weighted by Gasteiger charge is 2.44. The van der Waals surface area contributed by atoms with Gasteiger partial charge in [-0.2, -0.15) is 4.98 Å². The maximum absolute atomic E-state index is 5.93. The Morgan fingerprint density at radius 1 is 1.11 bits per heavy atom. The van der Waals surface area contributed by atoms with Crippen molar-refractivity contribution >= 4 is 0 Å². The summed E-state index contributed by atoms with van der Waals surface area (Å²) in [7, 11) is 0. The SMILES string of the molecule is NC1CCC(c2nc(C3CC4CCC3O4)no2)C1. The summed E-state index contributed by atoms with van der Waals surface area (Å²) >= 11 is 0. The molecule has 2 aliphatic heterocycles. The van der Waals surface area contributed by atoms with Gasteiger partial charge in [-0.05, 0) is 38.5 Å². The fourth-order valence-corrected chi connectivity index (χ4v) is 3.71. The largest absolute Gasteiger partial charge is 0.374 e. The molecule has 1 aromatic heterocycles. The Bertz CT molecular complexity index is 447. The van der Waals surface area contributed by atoms with Gasteiger partial charge >= 0.3 is 0 Å². The van der Waals surface area contributed by atoms with Gasteiger partial charge in [0.1, 0.15) is 0 Å². The summed E-state index contributed by atoms with van der Waals surface area (Å²) in [4.78, 5) is 4.61. The van der Waals surface area contributed by atoms with E-state index in [1.165, 1.54) is 6.42 Å². The quantitative estimate of drug-likeness (QED) is 0.863. The first-order chi connectivity index (χ1) is 8.79. The molecule has 2 bridgehead atoms. The van der Waals surface area contributed by atoms with Gasteiger partial charge in [0.25, 0.3) is 0 Å². The van der Waals surface area contributed by atoms with E-state index in [1.54, 1.807) is 0 Å². The Morgan fingerprint density at radius 2 is 2.06 bits per heavy atom. The summed E-state index contributed by atoms with van der Waals surface area (Å²) in [6.07, 6.45) is 7.29. The lowest BCUT2D eigenvalue weighted by Gasteiger charge is -2.13. The van der Waals surface area contributed by atoms with Gasteiger partial charge in [0.05, 0.1) is 18.1 Å². The highest BCUT2D eigenvalue weighted by Crippen LogP contribution is 2.44. The van der Waals surface area contributed by atoms with Crippen LogP contribution in [0, 0.1) is 0 Å². The summed E-state index contributed by atoms with van der Waals surface area (Å²) in [6, 6.07) is 0.302. The van der Waals surface area contributed by atoms with E-state index in [9.17, 15) is 0 Å². The summed E-state index contributed by atoms with van der Waals surface area (Å²) in [6.45, 7) is 0. The van der Waals surface area contributed by atoms with Crippen LogP contribution in [-0.2, 0) is 4.74 Å². The van der Waals surface area contributed by atoms with Crippen LogP contribution in [0.3, 0.4) is 0 Å². The Balaban J connectivity index is 1.52. The molecule has 5 atom stereocenters. The summed E-state index contributed by atoms with van der Waals surface area (Å²) < 4.78 is 11.3. The minimum Gasteiger partial charge on any atom is -0.374 e.